The molecule has 0 fully saturated rings. The first-order valence-electron chi connectivity index (χ1n) is 2.99. The summed E-state index contributed by atoms with van der Waals surface area (Å²) in [6.45, 7) is 1.10. The van der Waals surface area contributed by atoms with Gasteiger partial charge >= 0.3 is 0 Å². The number of ether oxygens (including phenoxy) is 1. The zero-order valence-corrected chi connectivity index (χ0v) is 6.71. The maximum atomic E-state index is 9.63. The van der Waals surface area contributed by atoms with Gasteiger partial charge in [0.05, 0.1) is 0 Å². The van der Waals surface area contributed by atoms with Gasteiger partial charge in [-0.25, -0.2) is 0 Å². The average molecular weight is 179 g/mol. The molecule has 0 N–H and O–H groups in total. The summed E-state index contributed by atoms with van der Waals surface area (Å²) in [6.07, 6.45) is 0. The first-order chi connectivity index (χ1) is 5.41. The summed E-state index contributed by atoms with van der Waals surface area (Å²) in [5.74, 6) is 1.38. The van der Waals surface area contributed by atoms with Gasteiger partial charge in [-0.15, -0.1) is 4.91 Å². The fourth-order valence-electron chi connectivity index (χ4n) is 0.391. The van der Waals surface area contributed by atoms with Crippen LogP contribution in [0.15, 0.2) is 5.34 Å². The van der Waals surface area contributed by atoms with E-state index in [1.54, 1.807) is 0 Å². The lowest BCUT2D eigenvalue weighted by molar-refractivity contribution is -0.128. The second-order valence-electron chi connectivity index (χ2n) is 1.49. The fourth-order valence-corrected chi connectivity index (χ4v) is 1.00. The van der Waals surface area contributed by atoms with E-state index in [9.17, 15) is 9.70 Å². The van der Waals surface area contributed by atoms with Crippen molar-refractivity contribution in [3.05, 3.63) is 4.91 Å². The standard InChI is InChI=1S/C5H9NO4S/c7-5-9-1-3-11-4-2-10-6-8/h5H,1-4H2. The van der Waals surface area contributed by atoms with E-state index < -0.39 is 0 Å². The summed E-state index contributed by atoms with van der Waals surface area (Å²) >= 11 is 1.53. The second-order valence-corrected chi connectivity index (χ2v) is 2.71. The molecular formula is C5H9NO4S. The molecule has 11 heavy (non-hydrogen) atoms. The number of hydrogen-bond acceptors (Lipinski definition) is 6. The Kier molecular flexibility index (Phi) is 8.57. The molecule has 0 rings (SSSR count). The van der Waals surface area contributed by atoms with Crippen LogP contribution in [-0.4, -0.2) is 31.2 Å². The minimum absolute atomic E-state index is 0.301. The Morgan fingerprint density at radius 2 is 2.09 bits per heavy atom. The number of carbonyl (C=O) groups is 1. The van der Waals surface area contributed by atoms with Gasteiger partial charge in [0.15, 0.2) is 5.34 Å². The lowest BCUT2D eigenvalue weighted by Gasteiger charge is -1.97. The molecule has 0 aliphatic rings. The van der Waals surface area contributed by atoms with Crippen LogP contribution in [0.3, 0.4) is 0 Å². The highest BCUT2D eigenvalue weighted by Gasteiger charge is 1.89. The van der Waals surface area contributed by atoms with Crippen LogP contribution in [-0.2, 0) is 14.4 Å². The Hall–Kier alpha value is -0.780. The van der Waals surface area contributed by atoms with E-state index in [4.69, 9.17) is 0 Å². The minimum atomic E-state index is 0.301. The van der Waals surface area contributed by atoms with E-state index in [1.165, 1.54) is 11.8 Å². The van der Waals surface area contributed by atoms with Gasteiger partial charge in [0.2, 0.25) is 0 Å². The number of nitrogens with zero attached hydrogens (tertiary/aromatic N) is 1. The maximum absolute atomic E-state index is 9.63. The highest BCUT2D eigenvalue weighted by molar-refractivity contribution is 7.99. The molecule has 0 aromatic rings. The monoisotopic (exact) mass is 179 g/mol. The summed E-state index contributed by atoms with van der Waals surface area (Å²) in [7, 11) is 0. The predicted octanol–water partition coefficient (Wildman–Crippen LogP) is 0.591. The third kappa shape index (κ3) is 9.22. The van der Waals surface area contributed by atoms with Crippen LogP contribution in [0.5, 0.6) is 0 Å². The zero-order chi connectivity index (χ0) is 8.36. The summed E-state index contributed by atoms with van der Waals surface area (Å²) in [5.41, 5.74) is 0. The fraction of sp³-hybridized carbons (Fsp3) is 0.800. The van der Waals surface area contributed by atoms with Crippen molar-refractivity contribution in [1.29, 1.82) is 0 Å². The number of thioether (sulfide) groups is 1. The Balaban J connectivity index is 2.79. The predicted molar refractivity (Wildman–Crippen MR) is 41.1 cm³/mol. The highest BCUT2D eigenvalue weighted by atomic mass is 32.2. The molecule has 0 spiro atoms. The van der Waals surface area contributed by atoms with Crippen molar-refractivity contribution in [1.82, 2.24) is 0 Å². The third-order valence-corrected chi connectivity index (χ3v) is 1.70. The summed E-state index contributed by atoms with van der Waals surface area (Å²) < 4.78 is 4.41. The van der Waals surface area contributed by atoms with Gasteiger partial charge in [-0.1, -0.05) is 0 Å². The number of carbonyl (C=O) groups excluding carboxylic acids is 1. The molecule has 0 atom stereocenters. The van der Waals surface area contributed by atoms with E-state index in [2.05, 4.69) is 14.9 Å². The Morgan fingerprint density at radius 1 is 1.36 bits per heavy atom. The van der Waals surface area contributed by atoms with Crippen molar-refractivity contribution in [3.63, 3.8) is 0 Å². The molecule has 0 saturated carbocycles. The van der Waals surface area contributed by atoms with Gasteiger partial charge in [-0.05, 0) is 0 Å². The molecule has 0 aliphatic carbocycles. The van der Waals surface area contributed by atoms with Crippen LogP contribution in [0.25, 0.3) is 0 Å². The van der Waals surface area contributed by atoms with E-state index in [0.717, 1.165) is 0 Å². The van der Waals surface area contributed by atoms with Crippen LogP contribution < -0.4 is 0 Å². The van der Waals surface area contributed by atoms with E-state index in [0.29, 0.717) is 31.2 Å². The summed E-state index contributed by atoms with van der Waals surface area (Å²) in [4.78, 5) is 23.2. The van der Waals surface area contributed by atoms with E-state index >= 15 is 0 Å². The molecule has 0 unspecified atom stereocenters. The van der Waals surface area contributed by atoms with Crippen LogP contribution in [0.1, 0.15) is 0 Å². The lowest BCUT2D eigenvalue weighted by Crippen LogP contribution is -1.98. The van der Waals surface area contributed by atoms with Crippen molar-refractivity contribution >= 4 is 18.2 Å². The Labute approximate surface area is 68.4 Å². The van der Waals surface area contributed by atoms with Crippen molar-refractivity contribution in [2.75, 3.05) is 24.7 Å². The van der Waals surface area contributed by atoms with Gasteiger partial charge in [-0.2, -0.15) is 11.8 Å². The van der Waals surface area contributed by atoms with Crippen molar-refractivity contribution in [3.8, 4) is 0 Å². The van der Waals surface area contributed by atoms with Gasteiger partial charge in [0, 0.05) is 11.5 Å². The molecule has 0 aliphatic heterocycles. The molecule has 5 nitrogen and oxygen atoms in total. The van der Waals surface area contributed by atoms with Gasteiger partial charge < -0.3 is 9.57 Å². The van der Waals surface area contributed by atoms with Gasteiger partial charge in [0.25, 0.3) is 6.47 Å². The minimum Gasteiger partial charge on any atom is -0.467 e. The summed E-state index contributed by atoms with van der Waals surface area (Å²) in [6, 6.07) is 0. The molecule has 0 aromatic carbocycles. The Bertz CT molecular complexity index is 98.7. The Morgan fingerprint density at radius 3 is 2.73 bits per heavy atom. The number of rotatable bonds is 8. The molecule has 6 heteroatoms. The maximum Gasteiger partial charge on any atom is 0.293 e. The highest BCUT2D eigenvalue weighted by Crippen LogP contribution is 1.98. The molecule has 0 amide bonds. The molecule has 0 saturated heterocycles. The first-order valence-corrected chi connectivity index (χ1v) is 4.15. The summed E-state index contributed by atoms with van der Waals surface area (Å²) in [5, 5.41) is 2.22. The molecule has 0 heterocycles. The van der Waals surface area contributed by atoms with E-state index in [-0.39, 0.29) is 0 Å². The molecular weight excluding hydrogens is 170 g/mol. The topological polar surface area (TPSA) is 65.0 Å². The number of hydrogen-bond donors (Lipinski definition) is 0. The molecule has 0 radical (unpaired) electrons. The lowest BCUT2D eigenvalue weighted by atomic mass is 10.8. The molecule has 64 valence electrons. The van der Waals surface area contributed by atoms with Crippen LogP contribution >= 0.6 is 11.8 Å². The van der Waals surface area contributed by atoms with Crippen molar-refractivity contribution in [2.24, 2.45) is 5.34 Å². The van der Waals surface area contributed by atoms with E-state index in [1.807, 2.05) is 0 Å². The third-order valence-electron chi connectivity index (χ3n) is 0.785. The van der Waals surface area contributed by atoms with Crippen LogP contribution in [0, 0.1) is 4.91 Å². The van der Waals surface area contributed by atoms with Crippen molar-refractivity contribution in [2.45, 2.75) is 0 Å². The first kappa shape index (κ1) is 10.2. The van der Waals surface area contributed by atoms with Crippen LogP contribution in [0.4, 0.5) is 0 Å². The normalized spacial score (nSPS) is 8.73. The van der Waals surface area contributed by atoms with Crippen molar-refractivity contribution < 1.29 is 14.4 Å². The smallest absolute Gasteiger partial charge is 0.293 e. The zero-order valence-electron chi connectivity index (χ0n) is 5.89. The SMILES string of the molecule is O=COCCSCCON=O. The van der Waals surface area contributed by atoms with Crippen LogP contribution in [0.2, 0.25) is 0 Å². The molecule has 0 aromatic heterocycles. The quantitative estimate of drug-likeness (QED) is 0.236. The molecule has 0 bridgehead atoms. The largest absolute Gasteiger partial charge is 0.467 e. The van der Waals surface area contributed by atoms with Gasteiger partial charge in [-0.3, -0.25) is 4.79 Å². The van der Waals surface area contributed by atoms with Gasteiger partial charge in [0.1, 0.15) is 13.2 Å². The average Bonchev–Trinajstić information content (AvgIpc) is 2.03. The second kappa shape index (κ2) is 9.22.